The molecule has 0 bridgehead atoms. The van der Waals surface area contributed by atoms with Crippen molar-refractivity contribution in [1.29, 1.82) is 0 Å². The number of aryl methyl sites for hydroxylation is 1. The van der Waals surface area contributed by atoms with E-state index in [1.165, 1.54) is 7.11 Å². The second-order valence-corrected chi connectivity index (χ2v) is 7.31. The molecule has 0 aliphatic carbocycles. The summed E-state index contributed by atoms with van der Waals surface area (Å²) in [4.78, 5) is 25.5. The van der Waals surface area contributed by atoms with Gasteiger partial charge < -0.3 is 18.5 Å². The lowest BCUT2D eigenvalue weighted by molar-refractivity contribution is -0.147. The van der Waals surface area contributed by atoms with E-state index < -0.39 is 17.3 Å². The number of carbonyl (C=O) groups excluding carboxylic acids is 2. The second kappa shape index (κ2) is 8.03. The molecule has 4 aromatic rings. The quantitative estimate of drug-likeness (QED) is 0.335. The Bertz CT molecular complexity index is 1160. The molecule has 0 radical (unpaired) electrons. The van der Waals surface area contributed by atoms with Crippen molar-refractivity contribution in [2.24, 2.45) is 7.05 Å². The van der Waals surface area contributed by atoms with E-state index in [-0.39, 0.29) is 6.42 Å². The largest absolute Gasteiger partial charge is 0.469 e. The standard InChI is InChI=1S/C25H23NO4/c1-26-17-21(19-11-6-7-12-22(19)26)25(24(28)29-2,18-9-4-3-5-10-18)20(14-15-27)23-13-8-16-30-23/h3-13,15-17,20H,14H2,1-2H3/t20-,25-/m1/s1. The normalized spacial score (nSPS) is 14.2. The first kappa shape index (κ1) is 19.7. The Morgan fingerprint density at radius 1 is 1.10 bits per heavy atom. The van der Waals surface area contributed by atoms with Crippen LogP contribution >= 0.6 is 0 Å². The molecule has 4 rings (SSSR count). The van der Waals surface area contributed by atoms with E-state index in [2.05, 4.69) is 0 Å². The number of benzene rings is 2. The summed E-state index contributed by atoms with van der Waals surface area (Å²) in [5.74, 6) is -0.455. The number of fused-ring (bicyclic) bond motifs is 1. The van der Waals surface area contributed by atoms with Gasteiger partial charge in [0.05, 0.1) is 13.4 Å². The Labute approximate surface area is 174 Å². The van der Waals surface area contributed by atoms with Crippen LogP contribution in [0.15, 0.2) is 83.6 Å². The van der Waals surface area contributed by atoms with Crippen molar-refractivity contribution >= 4 is 23.2 Å². The summed E-state index contributed by atoms with van der Waals surface area (Å²) < 4.78 is 13.1. The number of aldehydes is 1. The topological polar surface area (TPSA) is 61.4 Å². The monoisotopic (exact) mass is 401 g/mol. The van der Waals surface area contributed by atoms with Crippen LogP contribution in [-0.2, 0) is 26.8 Å². The number of furan rings is 1. The Morgan fingerprint density at radius 2 is 1.83 bits per heavy atom. The number of ether oxygens (including phenoxy) is 1. The fraction of sp³-hybridized carbons (Fsp3) is 0.200. The van der Waals surface area contributed by atoms with Crippen LogP contribution in [-0.4, -0.2) is 23.9 Å². The third kappa shape index (κ3) is 2.94. The molecule has 5 heteroatoms. The number of carbonyl (C=O) groups is 2. The Balaban J connectivity index is 2.15. The highest BCUT2D eigenvalue weighted by molar-refractivity contribution is 5.97. The van der Waals surface area contributed by atoms with Crippen molar-refractivity contribution in [3.63, 3.8) is 0 Å². The van der Waals surface area contributed by atoms with Crippen molar-refractivity contribution in [1.82, 2.24) is 4.57 Å². The molecule has 152 valence electrons. The molecule has 2 aromatic carbocycles. The van der Waals surface area contributed by atoms with Crippen molar-refractivity contribution in [3.8, 4) is 0 Å². The first-order valence-corrected chi connectivity index (χ1v) is 9.80. The average molecular weight is 401 g/mol. The van der Waals surface area contributed by atoms with Crippen molar-refractivity contribution < 1.29 is 18.7 Å². The lowest BCUT2D eigenvalue weighted by atomic mass is 9.63. The highest BCUT2D eigenvalue weighted by Gasteiger charge is 2.52. The van der Waals surface area contributed by atoms with Gasteiger partial charge in [-0.25, -0.2) is 0 Å². The van der Waals surface area contributed by atoms with Crippen LogP contribution in [0.3, 0.4) is 0 Å². The van der Waals surface area contributed by atoms with E-state index in [0.29, 0.717) is 5.76 Å². The molecule has 0 spiro atoms. The van der Waals surface area contributed by atoms with Gasteiger partial charge in [-0.05, 0) is 23.8 Å². The van der Waals surface area contributed by atoms with Crippen molar-refractivity contribution in [2.75, 3.05) is 7.11 Å². The van der Waals surface area contributed by atoms with Crippen LogP contribution in [0, 0.1) is 0 Å². The first-order chi connectivity index (χ1) is 14.6. The third-order valence-electron chi connectivity index (χ3n) is 5.80. The van der Waals surface area contributed by atoms with Gasteiger partial charge in [0, 0.05) is 42.0 Å². The maximum Gasteiger partial charge on any atom is 0.321 e. The first-order valence-electron chi connectivity index (χ1n) is 9.80. The van der Waals surface area contributed by atoms with Gasteiger partial charge in [-0.15, -0.1) is 0 Å². The number of hydrogen-bond donors (Lipinski definition) is 0. The number of esters is 1. The van der Waals surface area contributed by atoms with E-state index in [9.17, 15) is 9.59 Å². The minimum atomic E-state index is -1.27. The Hall–Kier alpha value is -3.60. The van der Waals surface area contributed by atoms with E-state index in [0.717, 1.165) is 28.3 Å². The Morgan fingerprint density at radius 3 is 2.50 bits per heavy atom. The summed E-state index contributed by atoms with van der Waals surface area (Å²) in [6.07, 6.45) is 4.44. The molecular formula is C25H23NO4. The molecule has 2 atom stereocenters. The summed E-state index contributed by atoms with van der Waals surface area (Å²) in [5.41, 5.74) is 1.25. The predicted molar refractivity (Wildman–Crippen MR) is 114 cm³/mol. The summed E-state index contributed by atoms with van der Waals surface area (Å²) in [6, 6.07) is 21.0. The van der Waals surface area contributed by atoms with Gasteiger partial charge in [0.2, 0.25) is 0 Å². The lowest BCUT2D eigenvalue weighted by Gasteiger charge is -2.37. The molecule has 0 saturated heterocycles. The molecule has 0 aliphatic heterocycles. The number of nitrogens with zero attached hydrogens (tertiary/aromatic N) is 1. The zero-order valence-electron chi connectivity index (χ0n) is 16.9. The molecule has 0 fully saturated rings. The number of methoxy groups -OCH3 is 1. The van der Waals surface area contributed by atoms with Gasteiger partial charge in [-0.1, -0.05) is 48.5 Å². The van der Waals surface area contributed by atoms with E-state index in [1.807, 2.05) is 72.4 Å². The third-order valence-corrected chi connectivity index (χ3v) is 5.80. The van der Waals surface area contributed by atoms with Gasteiger partial charge >= 0.3 is 5.97 Å². The number of hydrogen-bond acceptors (Lipinski definition) is 4. The second-order valence-electron chi connectivity index (χ2n) is 7.31. The zero-order chi connectivity index (χ0) is 21.1. The number of para-hydroxylation sites is 1. The van der Waals surface area contributed by atoms with Gasteiger partial charge in [-0.3, -0.25) is 4.79 Å². The summed E-state index contributed by atoms with van der Waals surface area (Å²) >= 11 is 0. The summed E-state index contributed by atoms with van der Waals surface area (Å²) in [7, 11) is 3.33. The molecule has 30 heavy (non-hydrogen) atoms. The van der Waals surface area contributed by atoms with Crippen LogP contribution in [0.1, 0.15) is 29.2 Å². The molecule has 0 aliphatic rings. The Kier molecular flexibility index (Phi) is 5.27. The maximum absolute atomic E-state index is 13.7. The SMILES string of the molecule is COC(=O)[C@@](c1ccccc1)(c1cn(C)c2ccccc12)[C@H](CC=O)c1ccco1. The molecular weight excluding hydrogens is 378 g/mol. The van der Waals surface area contributed by atoms with Gasteiger partial charge in [0.1, 0.15) is 17.5 Å². The minimum absolute atomic E-state index is 0.0979. The molecule has 0 unspecified atom stereocenters. The summed E-state index contributed by atoms with van der Waals surface area (Å²) in [5, 5.41) is 0.928. The highest BCUT2D eigenvalue weighted by Crippen LogP contribution is 2.49. The average Bonchev–Trinajstić information content (AvgIpc) is 3.43. The fourth-order valence-corrected chi connectivity index (χ4v) is 4.52. The highest BCUT2D eigenvalue weighted by atomic mass is 16.5. The molecule has 0 N–H and O–H groups in total. The lowest BCUT2D eigenvalue weighted by Crippen LogP contribution is -2.44. The van der Waals surface area contributed by atoms with Crippen molar-refractivity contribution in [2.45, 2.75) is 17.8 Å². The van der Waals surface area contributed by atoms with Gasteiger partial charge in [0.25, 0.3) is 0 Å². The van der Waals surface area contributed by atoms with Crippen LogP contribution in [0.4, 0.5) is 0 Å². The minimum Gasteiger partial charge on any atom is -0.469 e. The molecule has 2 heterocycles. The summed E-state index contributed by atoms with van der Waals surface area (Å²) in [6.45, 7) is 0. The smallest absolute Gasteiger partial charge is 0.321 e. The fourth-order valence-electron chi connectivity index (χ4n) is 4.52. The molecule has 5 nitrogen and oxygen atoms in total. The molecule has 2 aromatic heterocycles. The van der Waals surface area contributed by atoms with Gasteiger partial charge in [0.15, 0.2) is 0 Å². The van der Waals surface area contributed by atoms with Crippen molar-refractivity contribution in [3.05, 3.63) is 96.1 Å². The van der Waals surface area contributed by atoms with Gasteiger partial charge in [-0.2, -0.15) is 0 Å². The molecule has 0 amide bonds. The van der Waals surface area contributed by atoms with Crippen LogP contribution in [0.5, 0.6) is 0 Å². The predicted octanol–water partition coefficient (Wildman–Crippen LogP) is 4.60. The maximum atomic E-state index is 13.7. The van der Waals surface area contributed by atoms with E-state index >= 15 is 0 Å². The van der Waals surface area contributed by atoms with Crippen LogP contribution in [0.2, 0.25) is 0 Å². The van der Waals surface area contributed by atoms with Crippen LogP contribution in [0.25, 0.3) is 10.9 Å². The van der Waals surface area contributed by atoms with Crippen LogP contribution < -0.4 is 0 Å². The number of rotatable bonds is 7. The zero-order valence-corrected chi connectivity index (χ0v) is 16.9. The number of aromatic nitrogens is 1. The van der Waals surface area contributed by atoms with E-state index in [4.69, 9.17) is 9.15 Å². The van der Waals surface area contributed by atoms with E-state index in [1.54, 1.807) is 18.4 Å². The molecule has 0 saturated carbocycles.